The minimum Gasteiger partial charge on any atom is -0.373 e. The molecule has 0 unspecified atom stereocenters. The first-order valence-corrected chi connectivity index (χ1v) is 9.76. The maximum atomic E-state index is 5.68. The van der Waals surface area contributed by atoms with Crippen LogP contribution < -0.4 is 0 Å². The fraction of sp³-hybridized carbons (Fsp3) is 0.565. The van der Waals surface area contributed by atoms with E-state index in [4.69, 9.17) is 4.74 Å². The van der Waals surface area contributed by atoms with Gasteiger partial charge in [0.25, 0.3) is 0 Å². The maximum Gasteiger partial charge on any atom is 0.0721 e. The minimum atomic E-state index is 0.714. The van der Waals surface area contributed by atoms with Crippen LogP contribution in [0.3, 0.4) is 0 Å². The second-order valence-electron chi connectivity index (χ2n) is 7.00. The summed E-state index contributed by atoms with van der Waals surface area (Å²) in [6, 6.07) is 9.14. The van der Waals surface area contributed by atoms with Crippen LogP contribution >= 0.6 is 0 Å². The van der Waals surface area contributed by atoms with E-state index in [1.165, 1.54) is 49.7 Å². The predicted octanol–water partition coefficient (Wildman–Crippen LogP) is 6.80. The molecule has 0 aromatic heterocycles. The van der Waals surface area contributed by atoms with Gasteiger partial charge in [-0.15, -0.1) is 0 Å². The van der Waals surface area contributed by atoms with Gasteiger partial charge in [0.05, 0.1) is 13.2 Å². The van der Waals surface area contributed by atoms with Gasteiger partial charge in [-0.05, 0) is 74.8 Å². The van der Waals surface area contributed by atoms with Crippen molar-refractivity contribution >= 4 is 0 Å². The molecule has 1 saturated carbocycles. The Balaban J connectivity index is 1.72. The second kappa shape index (κ2) is 11.3. The highest BCUT2D eigenvalue weighted by atomic mass is 16.5. The van der Waals surface area contributed by atoms with Gasteiger partial charge in [-0.25, -0.2) is 0 Å². The number of hydrogen-bond donors (Lipinski definition) is 0. The molecule has 24 heavy (non-hydrogen) atoms. The molecule has 0 atom stereocenters. The molecule has 0 aliphatic heterocycles. The van der Waals surface area contributed by atoms with Gasteiger partial charge in [-0.2, -0.15) is 0 Å². The molecule has 1 aromatic carbocycles. The van der Waals surface area contributed by atoms with E-state index in [0.717, 1.165) is 18.3 Å². The third-order valence-electron chi connectivity index (χ3n) is 5.16. The third kappa shape index (κ3) is 6.65. The van der Waals surface area contributed by atoms with Crippen LogP contribution in [-0.2, 0) is 11.3 Å². The van der Waals surface area contributed by atoms with Crippen molar-refractivity contribution in [3.8, 4) is 0 Å². The molecular formula is C23H34O. The van der Waals surface area contributed by atoms with Crippen molar-refractivity contribution in [2.75, 3.05) is 6.61 Å². The molecule has 0 radical (unpaired) electrons. The molecule has 132 valence electrons. The van der Waals surface area contributed by atoms with E-state index in [0.29, 0.717) is 13.2 Å². The first kappa shape index (κ1) is 19.0. The molecule has 1 heteroatoms. The van der Waals surface area contributed by atoms with E-state index < -0.39 is 0 Å². The highest BCUT2D eigenvalue weighted by molar-refractivity contribution is 5.25. The topological polar surface area (TPSA) is 9.23 Å². The van der Waals surface area contributed by atoms with Crippen molar-refractivity contribution in [3.63, 3.8) is 0 Å². The molecule has 0 N–H and O–H groups in total. The summed E-state index contributed by atoms with van der Waals surface area (Å²) >= 11 is 0. The summed E-state index contributed by atoms with van der Waals surface area (Å²) in [4.78, 5) is 0. The Labute approximate surface area is 148 Å². The quantitative estimate of drug-likeness (QED) is 0.358. The molecule has 2 rings (SSSR count). The Bertz CT molecular complexity index is 489. The molecule has 1 fully saturated rings. The van der Waals surface area contributed by atoms with Gasteiger partial charge in [-0.3, -0.25) is 0 Å². The van der Waals surface area contributed by atoms with Crippen LogP contribution in [0.4, 0.5) is 0 Å². The standard InChI is InChI=1S/C23H34O/c1-3-5-7-9-20-10-14-22(15-11-20)23-16-12-21(13-17-23)19-24-18-8-6-4-2/h3,5-6,8,12-13,16-17,20,22H,4,7,9-11,14-15,18-19H2,1-2H3/t20-,22-. The van der Waals surface area contributed by atoms with Crippen LogP contribution in [-0.4, -0.2) is 6.61 Å². The zero-order valence-electron chi connectivity index (χ0n) is 15.5. The predicted molar refractivity (Wildman–Crippen MR) is 104 cm³/mol. The van der Waals surface area contributed by atoms with Crippen LogP contribution in [0.25, 0.3) is 0 Å². The normalized spacial score (nSPS) is 21.8. The van der Waals surface area contributed by atoms with Crippen molar-refractivity contribution < 1.29 is 4.74 Å². The molecule has 0 bridgehead atoms. The first-order valence-electron chi connectivity index (χ1n) is 9.76. The highest BCUT2D eigenvalue weighted by Gasteiger charge is 2.21. The summed E-state index contributed by atoms with van der Waals surface area (Å²) in [6.45, 7) is 5.69. The first-order chi connectivity index (χ1) is 11.8. The zero-order chi connectivity index (χ0) is 17.0. The van der Waals surface area contributed by atoms with Gasteiger partial charge in [0.2, 0.25) is 0 Å². The van der Waals surface area contributed by atoms with Gasteiger partial charge in [-0.1, -0.05) is 55.5 Å². The van der Waals surface area contributed by atoms with Crippen LogP contribution in [0.2, 0.25) is 0 Å². The second-order valence-corrected chi connectivity index (χ2v) is 7.00. The molecule has 0 spiro atoms. The molecule has 1 nitrogen and oxygen atoms in total. The zero-order valence-corrected chi connectivity index (χ0v) is 15.5. The van der Waals surface area contributed by atoms with Crippen molar-refractivity contribution in [1.29, 1.82) is 0 Å². The monoisotopic (exact) mass is 326 g/mol. The van der Waals surface area contributed by atoms with Crippen molar-refractivity contribution in [3.05, 3.63) is 59.7 Å². The van der Waals surface area contributed by atoms with E-state index in [-0.39, 0.29) is 0 Å². The van der Waals surface area contributed by atoms with Crippen LogP contribution in [0.15, 0.2) is 48.6 Å². The number of ether oxygens (including phenoxy) is 1. The van der Waals surface area contributed by atoms with Gasteiger partial charge < -0.3 is 4.74 Å². The number of rotatable bonds is 9. The minimum absolute atomic E-state index is 0.714. The molecule has 1 aliphatic rings. The Hall–Kier alpha value is -1.34. The Morgan fingerprint density at radius 3 is 2.42 bits per heavy atom. The van der Waals surface area contributed by atoms with E-state index in [1.807, 2.05) is 0 Å². The molecule has 0 heterocycles. The van der Waals surface area contributed by atoms with E-state index in [1.54, 1.807) is 0 Å². The Kier molecular flexibility index (Phi) is 8.91. The van der Waals surface area contributed by atoms with Gasteiger partial charge in [0, 0.05) is 0 Å². The van der Waals surface area contributed by atoms with Crippen LogP contribution in [0.5, 0.6) is 0 Å². The summed E-state index contributed by atoms with van der Waals surface area (Å²) in [5.74, 6) is 1.71. The summed E-state index contributed by atoms with van der Waals surface area (Å²) < 4.78 is 5.68. The lowest BCUT2D eigenvalue weighted by molar-refractivity contribution is 0.148. The maximum absolute atomic E-state index is 5.68. The van der Waals surface area contributed by atoms with Crippen molar-refractivity contribution in [2.24, 2.45) is 5.92 Å². The lowest BCUT2D eigenvalue weighted by Crippen LogP contribution is -2.13. The molecule has 0 amide bonds. The Morgan fingerprint density at radius 1 is 1.00 bits per heavy atom. The lowest BCUT2D eigenvalue weighted by atomic mass is 9.77. The molecule has 1 aromatic rings. The van der Waals surface area contributed by atoms with Crippen LogP contribution in [0, 0.1) is 5.92 Å². The SMILES string of the molecule is CC=CCC[C@H]1CC[C@H](c2ccc(COCC=CCC)cc2)CC1. The summed E-state index contributed by atoms with van der Waals surface area (Å²) in [7, 11) is 0. The van der Waals surface area contributed by atoms with E-state index in [9.17, 15) is 0 Å². The van der Waals surface area contributed by atoms with E-state index >= 15 is 0 Å². The van der Waals surface area contributed by atoms with Crippen molar-refractivity contribution in [1.82, 2.24) is 0 Å². The van der Waals surface area contributed by atoms with Crippen molar-refractivity contribution in [2.45, 2.75) is 71.3 Å². The fourth-order valence-corrected chi connectivity index (χ4v) is 3.65. The summed E-state index contributed by atoms with van der Waals surface area (Å²) in [6.07, 6.45) is 18.0. The van der Waals surface area contributed by atoms with Gasteiger partial charge in [0.1, 0.15) is 0 Å². The van der Waals surface area contributed by atoms with Gasteiger partial charge >= 0.3 is 0 Å². The summed E-state index contributed by atoms with van der Waals surface area (Å²) in [5.41, 5.74) is 2.81. The Morgan fingerprint density at radius 2 is 1.75 bits per heavy atom. The number of benzene rings is 1. The highest BCUT2D eigenvalue weighted by Crippen LogP contribution is 2.37. The lowest BCUT2D eigenvalue weighted by Gasteiger charge is -2.28. The number of allylic oxidation sites excluding steroid dienone is 3. The largest absolute Gasteiger partial charge is 0.373 e. The average molecular weight is 327 g/mol. The number of hydrogen-bond acceptors (Lipinski definition) is 1. The van der Waals surface area contributed by atoms with Crippen LogP contribution in [0.1, 0.15) is 75.8 Å². The van der Waals surface area contributed by atoms with E-state index in [2.05, 4.69) is 62.4 Å². The third-order valence-corrected chi connectivity index (χ3v) is 5.16. The molecule has 0 saturated heterocycles. The smallest absolute Gasteiger partial charge is 0.0721 e. The molecular weight excluding hydrogens is 292 g/mol. The average Bonchev–Trinajstić information content (AvgIpc) is 2.63. The fourth-order valence-electron chi connectivity index (χ4n) is 3.65. The van der Waals surface area contributed by atoms with Gasteiger partial charge in [0.15, 0.2) is 0 Å². The summed E-state index contributed by atoms with van der Waals surface area (Å²) in [5, 5.41) is 0. The molecule has 1 aliphatic carbocycles.